The Kier molecular flexibility index (Phi) is 3.98. The van der Waals surface area contributed by atoms with Gasteiger partial charge in [-0.25, -0.2) is 0 Å². The summed E-state index contributed by atoms with van der Waals surface area (Å²) < 4.78 is 11.5. The maximum Gasteiger partial charge on any atom is 0.200 e. The van der Waals surface area contributed by atoms with Crippen molar-refractivity contribution in [2.75, 3.05) is 6.61 Å². The Morgan fingerprint density at radius 3 is 2.64 bits per heavy atom. The van der Waals surface area contributed by atoms with Gasteiger partial charge in [-0.2, -0.15) is 0 Å². The molecule has 0 saturated heterocycles. The van der Waals surface area contributed by atoms with Gasteiger partial charge < -0.3 is 9.15 Å². The fourth-order valence-electron chi connectivity index (χ4n) is 2.99. The van der Waals surface area contributed by atoms with Crippen molar-refractivity contribution in [1.82, 2.24) is 0 Å². The Bertz CT molecular complexity index is 1060. The van der Waals surface area contributed by atoms with Gasteiger partial charge in [0.15, 0.2) is 12.4 Å². The van der Waals surface area contributed by atoms with Gasteiger partial charge in [-0.05, 0) is 48.4 Å². The topological polar surface area (TPSA) is 39.4 Å². The lowest BCUT2D eigenvalue weighted by atomic mass is 10.1. The van der Waals surface area contributed by atoms with Crippen LogP contribution in [0.4, 0.5) is 0 Å². The molecule has 1 heterocycles. The summed E-state index contributed by atoms with van der Waals surface area (Å²) in [6.07, 6.45) is 0.940. The van der Waals surface area contributed by atoms with Crippen molar-refractivity contribution < 1.29 is 13.9 Å². The Hall–Kier alpha value is -3.07. The lowest BCUT2D eigenvalue weighted by Crippen LogP contribution is -2.11. The SMILES string of the molecule is CCc1cccc(OCC(=O)c2ccc3oc4ccccc4c3c2)c1. The van der Waals surface area contributed by atoms with Gasteiger partial charge in [0.25, 0.3) is 0 Å². The number of carbonyl (C=O) groups is 1. The molecule has 0 aliphatic heterocycles. The summed E-state index contributed by atoms with van der Waals surface area (Å²) in [4.78, 5) is 12.5. The molecule has 4 aromatic rings. The van der Waals surface area contributed by atoms with Crippen LogP contribution in [0, 0.1) is 0 Å². The lowest BCUT2D eigenvalue weighted by molar-refractivity contribution is 0.0921. The third-order valence-corrected chi connectivity index (χ3v) is 4.38. The van der Waals surface area contributed by atoms with E-state index in [1.807, 2.05) is 60.7 Å². The summed E-state index contributed by atoms with van der Waals surface area (Å²) in [5, 5.41) is 1.97. The molecule has 0 bridgehead atoms. The minimum atomic E-state index is -0.0471. The predicted octanol–water partition coefficient (Wildman–Crippen LogP) is 5.41. The van der Waals surface area contributed by atoms with Crippen LogP contribution in [0.2, 0.25) is 0 Å². The Morgan fingerprint density at radius 2 is 1.76 bits per heavy atom. The van der Waals surface area contributed by atoms with E-state index < -0.39 is 0 Å². The molecule has 3 heteroatoms. The predicted molar refractivity (Wildman–Crippen MR) is 99.4 cm³/mol. The second-order valence-electron chi connectivity index (χ2n) is 6.02. The van der Waals surface area contributed by atoms with Crippen molar-refractivity contribution in [2.45, 2.75) is 13.3 Å². The molecule has 0 unspecified atom stereocenters. The second-order valence-corrected chi connectivity index (χ2v) is 6.02. The summed E-state index contributed by atoms with van der Waals surface area (Å²) >= 11 is 0. The highest BCUT2D eigenvalue weighted by Gasteiger charge is 2.12. The molecular formula is C22H18O3. The van der Waals surface area contributed by atoms with Gasteiger partial charge in [0.2, 0.25) is 0 Å². The first-order chi connectivity index (χ1) is 12.2. The van der Waals surface area contributed by atoms with E-state index in [4.69, 9.17) is 9.15 Å². The number of aryl methyl sites for hydroxylation is 1. The maximum absolute atomic E-state index is 12.5. The first kappa shape index (κ1) is 15.5. The van der Waals surface area contributed by atoms with Gasteiger partial charge in [-0.15, -0.1) is 0 Å². The Labute approximate surface area is 145 Å². The molecule has 0 aliphatic rings. The number of Topliss-reactive ketones (excluding diaryl/α,β-unsaturated/α-hetero) is 1. The molecule has 124 valence electrons. The summed E-state index contributed by atoms with van der Waals surface area (Å²) in [5.41, 5.74) is 3.44. The molecule has 0 aliphatic carbocycles. The van der Waals surface area contributed by atoms with Crippen LogP contribution in [0.3, 0.4) is 0 Å². The van der Waals surface area contributed by atoms with Gasteiger partial charge in [0.1, 0.15) is 16.9 Å². The monoisotopic (exact) mass is 330 g/mol. The molecular weight excluding hydrogens is 312 g/mol. The van der Waals surface area contributed by atoms with Gasteiger partial charge in [-0.1, -0.05) is 37.3 Å². The minimum Gasteiger partial charge on any atom is -0.485 e. The van der Waals surface area contributed by atoms with Crippen molar-refractivity contribution in [3.63, 3.8) is 0 Å². The van der Waals surface area contributed by atoms with Crippen LogP contribution in [0.1, 0.15) is 22.8 Å². The van der Waals surface area contributed by atoms with Crippen LogP contribution in [0.5, 0.6) is 5.75 Å². The zero-order chi connectivity index (χ0) is 17.2. The van der Waals surface area contributed by atoms with E-state index >= 15 is 0 Å². The van der Waals surface area contributed by atoms with E-state index in [-0.39, 0.29) is 12.4 Å². The number of ether oxygens (including phenoxy) is 1. The fraction of sp³-hybridized carbons (Fsp3) is 0.136. The van der Waals surface area contributed by atoms with E-state index in [9.17, 15) is 4.79 Å². The van der Waals surface area contributed by atoms with Crippen molar-refractivity contribution in [3.8, 4) is 5.75 Å². The van der Waals surface area contributed by atoms with Crippen molar-refractivity contribution >= 4 is 27.7 Å². The first-order valence-corrected chi connectivity index (χ1v) is 8.41. The number of para-hydroxylation sites is 1. The highest BCUT2D eigenvalue weighted by molar-refractivity contribution is 6.08. The first-order valence-electron chi connectivity index (χ1n) is 8.41. The summed E-state index contributed by atoms with van der Waals surface area (Å²) in [7, 11) is 0. The quantitative estimate of drug-likeness (QED) is 0.459. The second kappa shape index (κ2) is 6.44. The highest BCUT2D eigenvalue weighted by atomic mass is 16.5. The normalized spacial score (nSPS) is 11.1. The average Bonchev–Trinajstić information content (AvgIpc) is 3.04. The Morgan fingerprint density at radius 1 is 0.920 bits per heavy atom. The Balaban J connectivity index is 1.58. The van der Waals surface area contributed by atoms with Crippen LogP contribution in [0.25, 0.3) is 21.9 Å². The van der Waals surface area contributed by atoms with Crippen molar-refractivity contribution in [1.29, 1.82) is 0 Å². The molecule has 0 saturated carbocycles. The largest absolute Gasteiger partial charge is 0.485 e. The van der Waals surface area contributed by atoms with Crippen LogP contribution in [-0.2, 0) is 6.42 Å². The van der Waals surface area contributed by atoms with Gasteiger partial charge in [0.05, 0.1) is 0 Å². The summed E-state index contributed by atoms with van der Waals surface area (Å²) in [5.74, 6) is 0.677. The number of benzene rings is 3. The third-order valence-electron chi connectivity index (χ3n) is 4.38. The smallest absolute Gasteiger partial charge is 0.200 e. The summed E-state index contributed by atoms with van der Waals surface area (Å²) in [6.45, 7) is 2.11. The molecule has 1 aromatic heterocycles. The number of fused-ring (bicyclic) bond motifs is 3. The molecule has 0 fully saturated rings. The number of ketones is 1. The number of hydrogen-bond donors (Lipinski definition) is 0. The van der Waals surface area contributed by atoms with Crippen LogP contribution >= 0.6 is 0 Å². The fourth-order valence-corrected chi connectivity index (χ4v) is 2.99. The van der Waals surface area contributed by atoms with Crippen LogP contribution in [0.15, 0.2) is 71.1 Å². The summed E-state index contributed by atoms with van der Waals surface area (Å²) in [6, 6.07) is 21.2. The van der Waals surface area contributed by atoms with E-state index in [2.05, 4.69) is 6.92 Å². The molecule has 3 aromatic carbocycles. The van der Waals surface area contributed by atoms with Crippen molar-refractivity contribution in [2.24, 2.45) is 0 Å². The molecule has 25 heavy (non-hydrogen) atoms. The lowest BCUT2D eigenvalue weighted by Gasteiger charge is -2.07. The van der Waals surface area contributed by atoms with Crippen LogP contribution < -0.4 is 4.74 Å². The van der Waals surface area contributed by atoms with E-state index in [1.165, 1.54) is 5.56 Å². The van der Waals surface area contributed by atoms with Crippen molar-refractivity contribution in [3.05, 3.63) is 77.9 Å². The number of carbonyl (C=O) groups excluding carboxylic acids is 1. The molecule has 0 spiro atoms. The molecule has 4 rings (SSSR count). The third kappa shape index (κ3) is 3.01. The van der Waals surface area contributed by atoms with Gasteiger partial charge in [0, 0.05) is 16.3 Å². The molecule has 0 amide bonds. The molecule has 0 radical (unpaired) electrons. The maximum atomic E-state index is 12.5. The molecule has 0 N–H and O–H groups in total. The zero-order valence-electron chi connectivity index (χ0n) is 14.0. The number of hydrogen-bond acceptors (Lipinski definition) is 3. The minimum absolute atomic E-state index is 0.0223. The molecule has 3 nitrogen and oxygen atoms in total. The number of furan rings is 1. The van der Waals surface area contributed by atoms with E-state index in [0.717, 1.165) is 34.1 Å². The standard InChI is InChI=1S/C22H18O3/c1-2-15-6-5-7-17(12-15)24-14-20(23)16-10-11-22-19(13-16)18-8-3-4-9-21(18)25-22/h3-13H,2,14H2,1H3. The van der Waals surface area contributed by atoms with Gasteiger partial charge in [-0.3, -0.25) is 4.79 Å². The van der Waals surface area contributed by atoms with Crippen LogP contribution in [-0.4, -0.2) is 12.4 Å². The highest BCUT2D eigenvalue weighted by Crippen LogP contribution is 2.29. The van der Waals surface area contributed by atoms with E-state index in [0.29, 0.717) is 5.56 Å². The average molecular weight is 330 g/mol. The number of rotatable bonds is 5. The molecule has 0 atom stereocenters. The van der Waals surface area contributed by atoms with E-state index in [1.54, 1.807) is 6.07 Å². The van der Waals surface area contributed by atoms with Gasteiger partial charge >= 0.3 is 0 Å². The zero-order valence-corrected chi connectivity index (χ0v) is 14.0.